The fraction of sp³-hybridized carbons (Fsp3) is 0.0476. The molecule has 0 amide bonds. The van der Waals surface area contributed by atoms with Crippen molar-refractivity contribution in [2.45, 2.75) is 19.3 Å². The standard InChI is InChI=1S/C63H46N2/c1-63(2)56-35-16-14-30-51(56)55-34-20-38-59(62(55)63)65(58-37-19-33-50(44-23-8-4-9-24-44)61(58)54-32-13-12-29-49(54)43-21-6-3-7-22-43)48-28-18-25-45(41-48)46-39-40-53-52-31-15-17-36-57(52)64(60(53)42-46)47-26-10-5-11-27-47/h3-42H,1-2H3. The van der Waals surface area contributed by atoms with E-state index in [0.717, 1.165) is 28.2 Å². The van der Waals surface area contributed by atoms with Crippen molar-refractivity contribution in [1.29, 1.82) is 0 Å². The van der Waals surface area contributed by atoms with Gasteiger partial charge in [-0.3, -0.25) is 0 Å². The average molecular weight is 831 g/mol. The third-order valence-electron chi connectivity index (χ3n) is 13.6. The second-order valence-corrected chi connectivity index (χ2v) is 17.7. The molecule has 2 nitrogen and oxygen atoms in total. The zero-order valence-corrected chi connectivity index (χ0v) is 36.5. The van der Waals surface area contributed by atoms with Crippen molar-refractivity contribution in [3.8, 4) is 61.3 Å². The lowest BCUT2D eigenvalue weighted by Gasteiger charge is -2.34. The molecular weight excluding hydrogens is 785 g/mol. The van der Waals surface area contributed by atoms with E-state index in [1.807, 2.05) is 0 Å². The van der Waals surface area contributed by atoms with Crippen LogP contribution in [0.4, 0.5) is 17.1 Å². The molecule has 0 saturated carbocycles. The van der Waals surface area contributed by atoms with Gasteiger partial charge in [-0.05, 0) is 110 Å². The molecule has 0 atom stereocenters. The number of nitrogens with zero attached hydrogens (tertiary/aromatic N) is 2. The largest absolute Gasteiger partial charge is 0.309 e. The molecule has 1 aliphatic carbocycles. The Kier molecular flexibility index (Phi) is 9.21. The third kappa shape index (κ3) is 6.32. The van der Waals surface area contributed by atoms with Gasteiger partial charge < -0.3 is 9.47 Å². The van der Waals surface area contributed by atoms with Gasteiger partial charge in [0.15, 0.2) is 0 Å². The molecule has 1 aliphatic rings. The lowest BCUT2D eigenvalue weighted by molar-refractivity contribution is 0.661. The highest BCUT2D eigenvalue weighted by molar-refractivity contribution is 6.10. The van der Waals surface area contributed by atoms with Crippen molar-refractivity contribution in [2.24, 2.45) is 0 Å². The van der Waals surface area contributed by atoms with Gasteiger partial charge in [-0.1, -0.05) is 208 Å². The number of fused-ring (bicyclic) bond motifs is 6. The molecule has 12 rings (SSSR count). The first-order valence-electron chi connectivity index (χ1n) is 22.6. The Balaban J connectivity index is 1.14. The predicted molar refractivity (Wildman–Crippen MR) is 275 cm³/mol. The number of hydrogen-bond donors (Lipinski definition) is 0. The van der Waals surface area contributed by atoms with E-state index in [0.29, 0.717) is 0 Å². The van der Waals surface area contributed by atoms with E-state index in [4.69, 9.17) is 0 Å². The van der Waals surface area contributed by atoms with Gasteiger partial charge in [0.25, 0.3) is 0 Å². The molecule has 0 aliphatic heterocycles. The maximum absolute atomic E-state index is 2.55. The molecule has 0 saturated heterocycles. The maximum atomic E-state index is 2.55. The van der Waals surface area contributed by atoms with Gasteiger partial charge in [0.05, 0.1) is 22.4 Å². The van der Waals surface area contributed by atoms with Crippen LogP contribution in [-0.4, -0.2) is 4.57 Å². The second-order valence-electron chi connectivity index (χ2n) is 17.7. The van der Waals surface area contributed by atoms with E-state index < -0.39 is 0 Å². The molecule has 1 aromatic heterocycles. The second kappa shape index (κ2) is 15.6. The van der Waals surface area contributed by atoms with Crippen LogP contribution in [0.2, 0.25) is 0 Å². The molecule has 65 heavy (non-hydrogen) atoms. The molecule has 0 fully saturated rings. The van der Waals surface area contributed by atoms with E-state index in [2.05, 4.69) is 266 Å². The van der Waals surface area contributed by atoms with E-state index >= 15 is 0 Å². The third-order valence-corrected chi connectivity index (χ3v) is 13.6. The summed E-state index contributed by atoms with van der Waals surface area (Å²) in [5.74, 6) is 0. The van der Waals surface area contributed by atoms with Gasteiger partial charge >= 0.3 is 0 Å². The van der Waals surface area contributed by atoms with Gasteiger partial charge in [-0.25, -0.2) is 0 Å². The fourth-order valence-corrected chi connectivity index (χ4v) is 10.7. The molecule has 0 radical (unpaired) electrons. The van der Waals surface area contributed by atoms with Crippen LogP contribution >= 0.6 is 0 Å². The summed E-state index contributed by atoms with van der Waals surface area (Å²) in [7, 11) is 0. The summed E-state index contributed by atoms with van der Waals surface area (Å²) in [6.45, 7) is 4.78. The van der Waals surface area contributed by atoms with E-state index in [1.165, 1.54) is 83.1 Å². The Hall–Kier alpha value is -8.20. The van der Waals surface area contributed by atoms with Gasteiger partial charge in [-0.15, -0.1) is 0 Å². The van der Waals surface area contributed by atoms with Gasteiger partial charge in [0.2, 0.25) is 0 Å². The Morgan fingerprint density at radius 3 is 1.66 bits per heavy atom. The summed E-state index contributed by atoms with van der Waals surface area (Å²) in [5, 5.41) is 2.49. The van der Waals surface area contributed by atoms with E-state index in [9.17, 15) is 0 Å². The van der Waals surface area contributed by atoms with E-state index in [-0.39, 0.29) is 5.41 Å². The summed E-state index contributed by atoms with van der Waals surface area (Å²) in [6, 6.07) is 89.0. The van der Waals surface area contributed by atoms with Crippen molar-refractivity contribution >= 4 is 38.9 Å². The highest BCUT2D eigenvalue weighted by Crippen LogP contribution is 2.56. The van der Waals surface area contributed by atoms with Gasteiger partial charge in [0, 0.05) is 33.1 Å². The Morgan fingerprint density at radius 2 is 0.892 bits per heavy atom. The number of aromatic nitrogens is 1. The van der Waals surface area contributed by atoms with Crippen molar-refractivity contribution in [3.63, 3.8) is 0 Å². The minimum Gasteiger partial charge on any atom is -0.309 e. The van der Waals surface area contributed by atoms with Gasteiger partial charge in [0.1, 0.15) is 0 Å². The normalized spacial score (nSPS) is 12.6. The topological polar surface area (TPSA) is 8.17 Å². The highest BCUT2D eigenvalue weighted by Gasteiger charge is 2.39. The van der Waals surface area contributed by atoms with Crippen LogP contribution in [0.15, 0.2) is 243 Å². The lowest BCUT2D eigenvalue weighted by atomic mass is 9.81. The molecule has 0 spiro atoms. The fourth-order valence-electron chi connectivity index (χ4n) is 10.7. The van der Waals surface area contributed by atoms with Crippen molar-refractivity contribution in [2.75, 3.05) is 4.90 Å². The molecule has 10 aromatic carbocycles. The number of benzene rings is 10. The van der Waals surface area contributed by atoms with Crippen LogP contribution in [0.3, 0.4) is 0 Å². The summed E-state index contributed by atoms with van der Waals surface area (Å²) in [6.07, 6.45) is 0. The van der Waals surface area contributed by atoms with Crippen LogP contribution < -0.4 is 4.90 Å². The molecule has 0 N–H and O–H groups in total. The molecule has 0 unspecified atom stereocenters. The van der Waals surface area contributed by atoms with Crippen molar-refractivity contribution in [1.82, 2.24) is 4.57 Å². The van der Waals surface area contributed by atoms with Crippen LogP contribution in [-0.2, 0) is 5.41 Å². The summed E-state index contributed by atoms with van der Waals surface area (Å²) >= 11 is 0. The van der Waals surface area contributed by atoms with Crippen molar-refractivity contribution in [3.05, 3.63) is 254 Å². The smallest absolute Gasteiger partial charge is 0.0547 e. The highest BCUT2D eigenvalue weighted by atomic mass is 15.1. The molecular formula is C63H46N2. The molecule has 2 heteroatoms. The average Bonchev–Trinajstić information content (AvgIpc) is 3.83. The van der Waals surface area contributed by atoms with Crippen LogP contribution in [0.25, 0.3) is 83.1 Å². The molecule has 1 heterocycles. The molecule has 308 valence electrons. The van der Waals surface area contributed by atoms with Crippen LogP contribution in [0.5, 0.6) is 0 Å². The number of rotatable bonds is 8. The Bertz CT molecular complexity index is 3560. The maximum Gasteiger partial charge on any atom is 0.0547 e. The monoisotopic (exact) mass is 830 g/mol. The zero-order chi connectivity index (χ0) is 43.5. The minimum atomic E-state index is -0.257. The SMILES string of the molecule is CC1(C)c2ccccc2-c2cccc(N(c3cccc(-c4ccc5c6ccccc6n(-c6ccccc6)c5c4)c3)c3cccc(-c4ccccc4)c3-c3ccccc3-c3ccccc3)c21. The Morgan fingerprint density at radius 1 is 0.354 bits per heavy atom. The number of anilines is 3. The minimum absolute atomic E-state index is 0.257. The summed E-state index contributed by atoms with van der Waals surface area (Å²) in [4.78, 5) is 2.55. The number of para-hydroxylation sites is 2. The zero-order valence-electron chi connectivity index (χ0n) is 36.5. The lowest BCUT2D eigenvalue weighted by Crippen LogP contribution is -2.21. The van der Waals surface area contributed by atoms with Crippen LogP contribution in [0.1, 0.15) is 25.0 Å². The first kappa shape index (κ1) is 38.5. The summed E-state index contributed by atoms with van der Waals surface area (Å²) < 4.78 is 2.41. The predicted octanol–water partition coefficient (Wildman–Crippen LogP) is 17.2. The first-order valence-corrected chi connectivity index (χ1v) is 22.6. The number of hydrogen-bond acceptors (Lipinski definition) is 1. The van der Waals surface area contributed by atoms with Gasteiger partial charge in [-0.2, -0.15) is 0 Å². The van der Waals surface area contributed by atoms with Crippen LogP contribution in [0, 0.1) is 0 Å². The summed E-state index contributed by atoms with van der Waals surface area (Å²) in [5.41, 5.74) is 21.4. The van der Waals surface area contributed by atoms with Crippen molar-refractivity contribution < 1.29 is 0 Å². The van der Waals surface area contributed by atoms with E-state index in [1.54, 1.807) is 0 Å². The first-order chi connectivity index (χ1) is 32.0. The molecule has 0 bridgehead atoms. The molecule has 11 aromatic rings. The quantitative estimate of drug-likeness (QED) is 0.148. The Labute approximate surface area is 381 Å².